The van der Waals surface area contributed by atoms with Gasteiger partial charge in [-0.05, 0) is 56.5 Å². The van der Waals surface area contributed by atoms with Gasteiger partial charge in [0.1, 0.15) is 0 Å². The van der Waals surface area contributed by atoms with Crippen LogP contribution in [0.15, 0.2) is 28.7 Å². The summed E-state index contributed by atoms with van der Waals surface area (Å²) in [4.78, 5) is 2.65. The summed E-state index contributed by atoms with van der Waals surface area (Å²) in [5.74, 6) is 0.665. The molecule has 1 aliphatic rings. The molecule has 0 spiro atoms. The fourth-order valence-electron chi connectivity index (χ4n) is 3.65. The number of benzene rings is 1. The Hall–Kier alpha value is -0.380. The molecule has 1 fully saturated rings. The van der Waals surface area contributed by atoms with Crippen molar-refractivity contribution < 1.29 is 0 Å². The van der Waals surface area contributed by atoms with Crippen molar-refractivity contribution in [2.75, 3.05) is 13.1 Å². The van der Waals surface area contributed by atoms with Crippen molar-refractivity contribution in [3.05, 3.63) is 34.3 Å². The van der Waals surface area contributed by atoms with Crippen LogP contribution in [0, 0.1) is 5.92 Å². The molecule has 0 aromatic heterocycles. The van der Waals surface area contributed by atoms with Crippen LogP contribution in [0.25, 0.3) is 0 Å². The first-order valence-corrected chi connectivity index (χ1v) is 8.68. The molecule has 2 N–H and O–H groups in total. The van der Waals surface area contributed by atoms with E-state index < -0.39 is 0 Å². The third-order valence-electron chi connectivity index (χ3n) is 4.79. The maximum absolute atomic E-state index is 6.01. The molecule has 0 bridgehead atoms. The Kier molecular flexibility index (Phi) is 6.06. The summed E-state index contributed by atoms with van der Waals surface area (Å²) in [6.45, 7) is 6.52. The molecule has 0 radical (unpaired) electrons. The van der Waals surface area contributed by atoms with Gasteiger partial charge >= 0.3 is 0 Å². The Balaban J connectivity index is 2.17. The molecule has 1 aromatic carbocycles. The number of hydrogen-bond donors (Lipinski definition) is 1. The molecule has 1 aromatic rings. The molecule has 2 rings (SSSR count). The van der Waals surface area contributed by atoms with Gasteiger partial charge in [-0.1, -0.05) is 47.8 Å². The molecule has 0 aliphatic heterocycles. The van der Waals surface area contributed by atoms with Gasteiger partial charge in [0.15, 0.2) is 0 Å². The van der Waals surface area contributed by atoms with Crippen LogP contribution in [0.4, 0.5) is 0 Å². The monoisotopic (exact) mass is 338 g/mol. The Morgan fingerprint density at radius 3 is 2.75 bits per heavy atom. The van der Waals surface area contributed by atoms with Crippen LogP contribution in [0.3, 0.4) is 0 Å². The number of nitrogens with two attached hydrogens (primary N) is 1. The van der Waals surface area contributed by atoms with Crippen LogP contribution < -0.4 is 5.73 Å². The summed E-state index contributed by atoms with van der Waals surface area (Å²) >= 11 is 3.58. The fourth-order valence-corrected chi connectivity index (χ4v) is 4.07. The molecule has 0 saturated heterocycles. The zero-order chi connectivity index (χ0) is 14.5. The zero-order valence-electron chi connectivity index (χ0n) is 12.7. The summed E-state index contributed by atoms with van der Waals surface area (Å²) in [6.07, 6.45) is 5.29. The smallest absolute Gasteiger partial charge is 0.0323 e. The van der Waals surface area contributed by atoms with E-state index in [2.05, 4.69) is 58.9 Å². The highest BCUT2D eigenvalue weighted by Crippen LogP contribution is 2.33. The van der Waals surface area contributed by atoms with Crippen molar-refractivity contribution >= 4 is 15.9 Å². The number of halogens is 1. The average Bonchev–Trinajstić information content (AvgIpc) is 2.48. The van der Waals surface area contributed by atoms with Crippen LogP contribution in [0.2, 0.25) is 0 Å². The summed E-state index contributed by atoms with van der Waals surface area (Å²) in [7, 11) is 0. The van der Waals surface area contributed by atoms with Gasteiger partial charge in [-0.3, -0.25) is 4.90 Å². The van der Waals surface area contributed by atoms with E-state index in [1.807, 2.05) is 0 Å². The molecule has 20 heavy (non-hydrogen) atoms. The average molecular weight is 339 g/mol. The lowest BCUT2D eigenvalue weighted by Crippen LogP contribution is -2.46. The number of nitrogens with zero attached hydrogens (tertiary/aromatic N) is 1. The number of hydrogen-bond acceptors (Lipinski definition) is 2. The topological polar surface area (TPSA) is 29.3 Å². The molecule has 2 nitrogen and oxygen atoms in total. The second-order valence-electron chi connectivity index (χ2n) is 5.91. The molecule has 0 amide bonds. The van der Waals surface area contributed by atoms with E-state index in [9.17, 15) is 0 Å². The van der Waals surface area contributed by atoms with Gasteiger partial charge < -0.3 is 5.73 Å². The van der Waals surface area contributed by atoms with E-state index >= 15 is 0 Å². The van der Waals surface area contributed by atoms with Crippen molar-refractivity contribution in [1.82, 2.24) is 4.90 Å². The van der Waals surface area contributed by atoms with Crippen LogP contribution >= 0.6 is 15.9 Å². The van der Waals surface area contributed by atoms with Gasteiger partial charge in [-0.15, -0.1) is 0 Å². The minimum atomic E-state index is 0.453. The molecular weight excluding hydrogens is 312 g/mol. The van der Waals surface area contributed by atoms with Gasteiger partial charge in [0, 0.05) is 16.6 Å². The van der Waals surface area contributed by atoms with E-state index in [0.29, 0.717) is 18.0 Å². The minimum Gasteiger partial charge on any atom is -0.330 e. The van der Waals surface area contributed by atoms with Crippen molar-refractivity contribution in [3.8, 4) is 0 Å². The molecular formula is C17H27BrN2. The van der Waals surface area contributed by atoms with Gasteiger partial charge in [0.25, 0.3) is 0 Å². The van der Waals surface area contributed by atoms with Crippen LogP contribution in [0.5, 0.6) is 0 Å². The van der Waals surface area contributed by atoms with E-state index in [0.717, 1.165) is 17.6 Å². The van der Waals surface area contributed by atoms with Crippen LogP contribution in [-0.4, -0.2) is 24.0 Å². The summed E-state index contributed by atoms with van der Waals surface area (Å²) in [6, 6.07) is 9.80. The number of rotatable bonds is 5. The second-order valence-corrected chi connectivity index (χ2v) is 6.82. The van der Waals surface area contributed by atoms with Crippen molar-refractivity contribution in [2.24, 2.45) is 11.7 Å². The molecule has 3 heteroatoms. The first kappa shape index (κ1) is 16.0. The van der Waals surface area contributed by atoms with Crippen molar-refractivity contribution in [3.63, 3.8) is 0 Å². The first-order chi connectivity index (χ1) is 9.67. The molecule has 112 valence electrons. The highest BCUT2D eigenvalue weighted by atomic mass is 79.9. The Labute approximate surface area is 131 Å². The molecule has 3 atom stereocenters. The Morgan fingerprint density at radius 2 is 2.10 bits per heavy atom. The van der Waals surface area contributed by atoms with Crippen LogP contribution in [0.1, 0.15) is 51.1 Å². The fraction of sp³-hybridized carbons (Fsp3) is 0.647. The standard InChI is InChI=1S/C17H27BrN2/c1-3-20(17-10-5-4-7-15(17)12-19)13(2)14-8-6-9-16(18)11-14/h6,8-9,11,13,15,17H,3-5,7,10,12,19H2,1-2H3. The quantitative estimate of drug-likeness (QED) is 0.864. The van der Waals surface area contributed by atoms with Gasteiger partial charge in [0.2, 0.25) is 0 Å². The van der Waals surface area contributed by atoms with Crippen molar-refractivity contribution in [1.29, 1.82) is 0 Å². The van der Waals surface area contributed by atoms with E-state index in [1.165, 1.54) is 31.2 Å². The molecule has 3 unspecified atom stereocenters. The summed E-state index contributed by atoms with van der Waals surface area (Å²) < 4.78 is 1.16. The summed E-state index contributed by atoms with van der Waals surface area (Å²) in [5, 5.41) is 0. The summed E-state index contributed by atoms with van der Waals surface area (Å²) in [5.41, 5.74) is 7.41. The predicted molar refractivity (Wildman–Crippen MR) is 89.7 cm³/mol. The van der Waals surface area contributed by atoms with E-state index in [4.69, 9.17) is 5.73 Å². The highest BCUT2D eigenvalue weighted by molar-refractivity contribution is 9.10. The third kappa shape index (κ3) is 3.63. The van der Waals surface area contributed by atoms with Crippen molar-refractivity contribution in [2.45, 2.75) is 51.6 Å². The highest BCUT2D eigenvalue weighted by Gasteiger charge is 2.31. The Morgan fingerprint density at radius 1 is 1.35 bits per heavy atom. The maximum Gasteiger partial charge on any atom is 0.0323 e. The molecule has 0 heterocycles. The predicted octanol–water partition coefficient (Wildman–Crippen LogP) is 4.35. The maximum atomic E-state index is 6.01. The second kappa shape index (κ2) is 7.58. The lowest BCUT2D eigenvalue weighted by molar-refractivity contribution is 0.0769. The molecule has 1 aliphatic carbocycles. The Bertz CT molecular complexity index is 421. The lowest BCUT2D eigenvalue weighted by atomic mass is 9.82. The van der Waals surface area contributed by atoms with Gasteiger partial charge in [-0.2, -0.15) is 0 Å². The van der Waals surface area contributed by atoms with E-state index in [-0.39, 0.29) is 0 Å². The van der Waals surface area contributed by atoms with Gasteiger partial charge in [-0.25, -0.2) is 0 Å². The normalized spacial score (nSPS) is 24.9. The van der Waals surface area contributed by atoms with Crippen LogP contribution in [-0.2, 0) is 0 Å². The lowest BCUT2D eigenvalue weighted by Gasteiger charge is -2.42. The largest absolute Gasteiger partial charge is 0.330 e. The SMILES string of the molecule is CCN(C(C)c1cccc(Br)c1)C1CCCCC1CN. The van der Waals surface area contributed by atoms with Gasteiger partial charge in [0.05, 0.1) is 0 Å². The molecule has 1 saturated carbocycles. The van der Waals surface area contributed by atoms with E-state index in [1.54, 1.807) is 0 Å². The minimum absolute atomic E-state index is 0.453. The first-order valence-electron chi connectivity index (χ1n) is 7.88. The zero-order valence-corrected chi connectivity index (χ0v) is 14.3. The third-order valence-corrected chi connectivity index (χ3v) is 5.28.